The molecule has 0 radical (unpaired) electrons. The molecule has 5 aliphatic carbocycles. The van der Waals surface area contributed by atoms with Crippen LogP contribution in [0.25, 0.3) is 0 Å². The van der Waals surface area contributed by atoms with E-state index < -0.39 is 0 Å². The second-order valence-corrected chi connectivity index (χ2v) is 10.3. The number of nitrogens with one attached hydrogen (secondary N) is 1. The van der Waals surface area contributed by atoms with Crippen molar-refractivity contribution in [3.63, 3.8) is 0 Å². The van der Waals surface area contributed by atoms with E-state index in [2.05, 4.69) is 31.9 Å². The maximum Gasteiger partial charge on any atom is 0.279 e. The van der Waals surface area contributed by atoms with Crippen LogP contribution in [0.15, 0.2) is 18.2 Å². The standard InChI is InChI=1S/C20H29N2O.C5H10/c1-13-4-5-19(22(3)23)18(6-13)21-14(2)20-10-15-7-16(11-20)9-17(8-15)12-20;1-2-4-5-3-1/h4-6,14-17,21,23H,3,7-12H2,1-2H3;1-5H2/q+1;. The summed E-state index contributed by atoms with van der Waals surface area (Å²) in [5.74, 6) is 2.89. The zero-order chi connectivity index (χ0) is 19.7. The summed E-state index contributed by atoms with van der Waals surface area (Å²) in [6.45, 7) is 8.09. The van der Waals surface area contributed by atoms with E-state index in [1.165, 1.54) is 76.2 Å². The number of anilines is 1. The lowest BCUT2D eigenvalue weighted by atomic mass is 9.48. The minimum atomic E-state index is 0.441. The monoisotopic (exact) mass is 383 g/mol. The van der Waals surface area contributed by atoms with Gasteiger partial charge in [0, 0.05) is 16.8 Å². The van der Waals surface area contributed by atoms with Crippen LogP contribution in [0.3, 0.4) is 0 Å². The molecule has 1 unspecified atom stereocenters. The van der Waals surface area contributed by atoms with Gasteiger partial charge >= 0.3 is 0 Å². The highest BCUT2D eigenvalue weighted by Gasteiger charge is 2.53. The fourth-order valence-corrected chi connectivity index (χ4v) is 6.97. The lowest BCUT2D eigenvalue weighted by Gasteiger charge is -2.59. The molecule has 28 heavy (non-hydrogen) atoms. The summed E-state index contributed by atoms with van der Waals surface area (Å²) in [6.07, 6.45) is 16.1. The summed E-state index contributed by atoms with van der Waals surface area (Å²) in [5.41, 5.74) is 3.42. The molecule has 4 bridgehead atoms. The Morgan fingerprint density at radius 3 is 1.96 bits per heavy atom. The Morgan fingerprint density at radius 1 is 1.00 bits per heavy atom. The molecular weight excluding hydrogens is 344 g/mol. The van der Waals surface area contributed by atoms with E-state index in [1.54, 1.807) is 0 Å². The lowest BCUT2D eigenvalue weighted by molar-refractivity contribution is -0.705. The van der Waals surface area contributed by atoms with Gasteiger partial charge in [0.15, 0.2) is 6.72 Å². The molecule has 5 aliphatic rings. The first-order chi connectivity index (χ1) is 13.4. The van der Waals surface area contributed by atoms with Crippen molar-refractivity contribution in [2.75, 3.05) is 5.32 Å². The average Bonchev–Trinajstić information content (AvgIpc) is 3.20. The first-order valence-corrected chi connectivity index (χ1v) is 11.6. The fraction of sp³-hybridized carbons (Fsp3) is 0.720. The lowest BCUT2D eigenvalue weighted by Crippen LogP contribution is -2.52. The molecule has 0 amide bonds. The molecule has 0 heterocycles. The quantitative estimate of drug-likeness (QED) is 0.263. The van der Waals surface area contributed by atoms with Crippen LogP contribution in [-0.2, 0) is 0 Å². The molecule has 0 aromatic heterocycles. The van der Waals surface area contributed by atoms with Crippen LogP contribution in [0.2, 0.25) is 0 Å². The highest BCUT2D eigenvalue weighted by molar-refractivity contribution is 5.63. The van der Waals surface area contributed by atoms with Gasteiger partial charge in [-0.1, -0.05) is 38.2 Å². The van der Waals surface area contributed by atoms with Gasteiger partial charge in [0.2, 0.25) is 0 Å². The Kier molecular flexibility index (Phi) is 5.71. The molecule has 1 atom stereocenters. The Bertz CT molecular complexity index is 664. The SMILES string of the molecule is C1CCCC1.C=[N+](O)c1ccc(C)cc1NC(C)C12CC3CC(CC(C3)C1)C2. The van der Waals surface area contributed by atoms with Crippen LogP contribution in [0.4, 0.5) is 11.4 Å². The third-order valence-electron chi connectivity index (χ3n) is 8.06. The van der Waals surface area contributed by atoms with Crippen molar-refractivity contribution in [2.45, 2.75) is 90.5 Å². The van der Waals surface area contributed by atoms with Gasteiger partial charge in [0.05, 0.1) is 0 Å². The fourth-order valence-electron chi connectivity index (χ4n) is 6.97. The van der Waals surface area contributed by atoms with E-state index in [0.717, 1.165) is 33.9 Å². The van der Waals surface area contributed by atoms with Crippen molar-refractivity contribution in [2.24, 2.45) is 23.2 Å². The largest absolute Gasteiger partial charge is 0.377 e. The van der Waals surface area contributed by atoms with Crippen LogP contribution >= 0.6 is 0 Å². The van der Waals surface area contributed by atoms with Crippen molar-refractivity contribution < 1.29 is 9.95 Å². The summed E-state index contributed by atoms with van der Waals surface area (Å²) in [4.78, 5) is 0. The molecule has 0 spiro atoms. The molecule has 154 valence electrons. The van der Waals surface area contributed by atoms with Gasteiger partial charge in [-0.3, -0.25) is 5.21 Å². The summed E-state index contributed by atoms with van der Waals surface area (Å²) in [5, 5.41) is 13.6. The highest BCUT2D eigenvalue weighted by Crippen LogP contribution is 2.61. The Morgan fingerprint density at radius 2 is 1.50 bits per heavy atom. The van der Waals surface area contributed by atoms with Crippen molar-refractivity contribution in [1.82, 2.24) is 0 Å². The average molecular weight is 384 g/mol. The smallest absolute Gasteiger partial charge is 0.279 e. The number of hydrogen-bond acceptors (Lipinski definition) is 2. The summed E-state index contributed by atoms with van der Waals surface area (Å²) < 4.78 is 0.980. The van der Waals surface area contributed by atoms with Crippen LogP contribution in [0.1, 0.15) is 83.1 Å². The Labute approximate surface area is 171 Å². The minimum absolute atomic E-state index is 0.441. The Hall–Kier alpha value is -1.51. The Balaban J connectivity index is 0.000000336. The van der Waals surface area contributed by atoms with Gasteiger partial charge in [-0.05, 0) is 87.2 Å². The molecule has 3 heteroatoms. The van der Waals surface area contributed by atoms with Crippen LogP contribution in [-0.4, -0.2) is 22.7 Å². The second-order valence-electron chi connectivity index (χ2n) is 10.3. The molecular formula is C25H39N2O+. The predicted octanol–water partition coefficient (Wildman–Crippen LogP) is 6.70. The number of aryl methyl sites for hydroxylation is 1. The molecule has 5 saturated carbocycles. The van der Waals surface area contributed by atoms with E-state index in [1.807, 2.05) is 12.1 Å². The van der Waals surface area contributed by atoms with Gasteiger partial charge < -0.3 is 5.32 Å². The number of benzene rings is 1. The van der Waals surface area contributed by atoms with Gasteiger partial charge in [-0.25, -0.2) is 0 Å². The number of hydrogen-bond donors (Lipinski definition) is 2. The van der Waals surface area contributed by atoms with Gasteiger partial charge in [-0.2, -0.15) is 0 Å². The maximum absolute atomic E-state index is 9.82. The molecule has 2 N–H and O–H groups in total. The molecule has 1 aromatic carbocycles. The highest BCUT2D eigenvalue weighted by atomic mass is 16.5. The van der Waals surface area contributed by atoms with Crippen LogP contribution < -0.4 is 5.32 Å². The van der Waals surface area contributed by atoms with Gasteiger partial charge in [-0.15, -0.1) is 0 Å². The topological polar surface area (TPSA) is 35.3 Å². The second kappa shape index (κ2) is 8.08. The molecule has 0 saturated heterocycles. The van der Waals surface area contributed by atoms with Crippen LogP contribution in [0.5, 0.6) is 0 Å². The molecule has 6 rings (SSSR count). The van der Waals surface area contributed by atoms with Crippen molar-refractivity contribution in [3.05, 3.63) is 23.8 Å². The normalized spacial score (nSPS) is 33.9. The van der Waals surface area contributed by atoms with Crippen molar-refractivity contribution in [3.8, 4) is 0 Å². The zero-order valence-corrected chi connectivity index (χ0v) is 17.9. The van der Waals surface area contributed by atoms with E-state index in [-0.39, 0.29) is 0 Å². The van der Waals surface area contributed by atoms with E-state index >= 15 is 0 Å². The first-order valence-electron chi connectivity index (χ1n) is 11.6. The molecule has 3 nitrogen and oxygen atoms in total. The van der Waals surface area contributed by atoms with E-state index in [9.17, 15) is 5.21 Å². The summed E-state index contributed by atoms with van der Waals surface area (Å²) in [7, 11) is 0. The van der Waals surface area contributed by atoms with Crippen LogP contribution in [0, 0.1) is 30.1 Å². The molecule has 0 aliphatic heterocycles. The van der Waals surface area contributed by atoms with E-state index in [4.69, 9.17) is 0 Å². The molecule has 1 aromatic rings. The van der Waals surface area contributed by atoms with Crippen molar-refractivity contribution >= 4 is 18.1 Å². The zero-order valence-electron chi connectivity index (χ0n) is 17.9. The summed E-state index contributed by atoms with van der Waals surface area (Å²) in [6, 6.07) is 6.53. The van der Waals surface area contributed by atoms with Crippen molar-refractivity contribution in [1.29, 1.82) is 0 Å². The predicted molar refractivity (Wildman–Crippen MR) is 117 cm³/mol. The molecule has 5 fully saturated rings. The number of nitrogens with zero attached hydrogens (tertiary/aromatic N) is 1. The first kappa shape index (κ1) is 19.8. The minimum Gasteiger partial charge on any atom is -0.377 e. The van der Waals surface area contributed by atoms with Gasteiger partial charge in [0.1, 0.15) is 5.69 Å². The third-order valence-corrected chi connectivity index (χ3v) is 8.06. The van der Waals surface area contributed by atoms with E-state index in [0.29, 0.717) is 11.5 Å². The number of rotatable bonds is 4. The third kappa shape index (κ3) is 4.09. The maximum atomic E-state index is 9.82. The van der Waals surface area contributed by atoms with Gasteiger partial charge in [0.25, 0.3) is 5.69 Å². The summed E-state index contributed by atoms with van der Waals surface area (Å²) >= 11 is 0.